The fourth-order valence-corrected chi connectivity index (χ4v) is 3.18. The maximum atomic E-state index is 12.5. The minimum absolute atomic E-state index is 0.109. The number of benzene rings is 2. The van der Waals surface area contributed by atoms with Gasteiger partial charge in [-0.3, -0.25) is 9.59 Å². The first-order valence-corrected chi connectivity index (χ1v) is 10.9. The van der Waals surface area contributed by atoms with Gasteiger partial charge in [-0.15, -0.1) is 0 Å². The zero-order valence-corrected chi connectivity index (χ0v) is 19.6. The van der Waals surface area contributed by atoms with Crippen LogP contribution in [0.15, 0.2) is 53.0 Å². The van der Waals surface area contributed by atoms with Crippen LogP contribution in [0.4, 0.5) is 18.9 Å². The van der Waals surface area contributed by atoms with E-state index < -0.39 is 12.1 Å². The lowest BCUT2D eigenvalue weighted by molar-refractivity contribution is -0.192. The molecule has 1 fully saturated rings. The van der Waals surface area contributed by atoms with E-state index in [1.807, 2.05) is 36.4 Å². The first-order valence-electron chi connectivity index (χ1n) is 10.1. The van der Waals surface area contributed by atoms with Crippen LogP contribution in [-0.2, 0) is 15.0 Å². The molecule has 0 radical (unpaired) electrons. The molecule has 0 unspecified atom stereocenters. The Labute approximate surface area is 197 Å². The van der Waals surface area contributed by atoms with Gasteiger partial charge < -0.3 is 15.7 Å². The van der Waals surface area contributed by atoms with E-state index >= 15 is 0 Å². The van der Waals surface area contributed by atoms with Gasteiger partial charge in [0, 0.05) is 22.3 Å². The molecule has 0 heterocycles. The van der Waals surface area contributed by atoms with Crippen LogP contribution in [0.25, 0.3) is 0 Å². The molecule has 3 N–H and O–H groups in total. The zero-order valence-electron chi connectivity index (χ0n) is 18.0. The second-order valence-corrected chi connectivity index (χ2v) is 8.94. The molecule has 178 valence electrons. The first kappa shape index (κ1) is 26.4. The summed E-state index contributed by atoms with van der Waals surface area (Å²) in [7, 11) is 0. The van der Waals surface area contributed by atoms with Crippen molar-refractivity contribution in [3.8, 4) is 0 Å². The molecular formula is C23H24BrF3N2O4. The van der Waals surface area contributed by atoms with Gasteiger partial charge in [-0.05, 0) is 60.7 Å². The van der Waals surface area contributed by atoms with Crippen molar-refractivity contribution in [2.45, 2.75) is 38.3 Å². The minimum atomic E-state index is -5.08. The van der Waals surface area contributed by atoms with E-state index in [2.05, 4.69) is 40.4 Å². The first-order chi connectivity index (χ1) is 15.3. The third-order valence-electron chi connectivity index (χ3n) is 4.90. The molecule has 2 aromatic carbocycles. The summed E-state index contributed by atoms with van der Waals surface area (Å²) in [5.41, 5.74) is 1.95. The van der Waals surface area contributed by atoms with Gasteiger partial charge in [0.15, 0.2) is 0 Å². The van der Waals surface area contributed by atoms with Crippen molar-refractivity contribution in [3.05, 3.63) is 64.1 Å². The number of hydrogen-bond donors (Lipinski definition) is 3. The number of carbonyl (C=O) groups excluding carboxylic acids is 2. The van der Waals surface area contributed by atoms with Crippen LogP contribution in [0, 0.1) is 5.92 Å². The SMILES string of the molecule is CC(C)CNC(=O)C1(c2ccc(NC(=O)c3ccc(Br)cc3)cc2)CC1.O=C(O)C(F)(F)F. The Morgan fingerprint density at radius 3 is 1.97 bits per heavy atom. The summed E-state index contributed by atoms with van der Waals surface area (Å²) in [6.45, 7) is 4.87. The van der Waals surface area contributed by atoms with Gasteiger partial charge in [-0.2, -0.15) is 13.2 Å². The maximum Gasteiger partial charge on any atom is 0.490 e. The Morgan fingerprint density at radius 2 is 1.55 bits per heavy atom. The number of anilines is 1. The topological polar surface area (TPSA) is 95.5 Å². The lowest BCUT2D eigenvalue weighted by atomic mass is 9.94. The molecule has 0 bridgehead atoms. The largest absolute Gasteiger partial charge is 0.490 e. The lowest BCUT2D eigenvalue weighted by Gasteiger charge is -2.17. The summed E-state index contributed by atoms with van der Waals surface area (Å²) in [5.74, 6) is -2.36. The number of carboxylic acids is 1. The highest BCUT2D eigenvalue weighted by Gasteiger charge is 2.51. The average Bonchev–Trinajstić information content (AvgIpc) is 3.55. The predicted molar refractivity (Wildman–Crippen MR) is 121 cm³/mol. The molecule has 1 aliphatic rings. The van der Waals surface area contributed by atoms with E-state index in [9.17, 15) is 22.8 Å². The molecule has 10 heteroatoms. The Kier molecular flexibility index (Phi) is 8.65. The van der Waals surface area contributed by atoms with Crippen LogP contribution >= 0.6 is 15.9 Å². The number of amides is 2. The van der Waals surface area contributed by atoms with E-state index in [-0.39, 0.29) is 17.2 Å². The molecule has 2 aromatic rings. The number of nitrogens with one attached hydrogen (secondary N) is 2. The molecule has 1 aliphatic carbocycles. The molecule has 6 nitrogen and oxygen atoms in total. The number of alkyl halides is 3. The normalized spacial score (nSPS) is 14.0. The predicted octanol–water partition coefficient (Wildman–Crippen LogP) is 5.14. The zero-order chi connectivity index (χ0) is 24.8. The minimum Gasteiger partial charge on any atom is -0.475 e. The average molecular weight is 529 g/mol. The molecular weight excluding hydrogens is 505 g/mol. The molecule has 1 saturated carbocycles. The molecule has 0 aliphatic heterocycles. The van der Waals surface area contributed by atoms with Crippen LogP contribution in [0.2, 0.25) is 0 Å². The fraction of sp³-hybridized carbons (Fsp3) is 0.348. The Hall–Kier alpha value is -2.88. The molecule has 33 heavy (non-hydrogen) atoms. The summed E-state index contributed by atoms with van der Waals surface area (Å²) in [6.07, 6.45) is -3.33. The highest BCUT2D eigenvalue weighted by atomic mass is 79.9. The Morgan fingerprint density at radius 1 is 1.03 bits per heavy atom. The molecule has 0 spiro atoms. The van der Waals surface area contributed by atoms with Crippen LogP contribution in [0.5, 0.6) is 0 Å². The van der Waals surface area contributed by atoms with Crippen LogP contribution in [0.3, 0.4) is 0 Å². The van der Waals surface area contributed by atoms with Crippen molar-refractivity contribution in [3.63, 3.8) is 0 Å². The maximum absolute atomic E-state index is 12.5. The van der Waals surface area contributed by atoms with Gasteiger partial charge in [-0.1, -0.05) is 41.9 Å². The quantitative estimate of drug-likeness (QED) is 0.483. The lowest BCUT2D eigenvalue weighted by Crippen LogP contribution is -2.36. The van der Waals surface area contributed by atoms with Crippen LogP contribution < -0.4 is 10.6 Å². The Bertz CT molecular complexity index is 986. The van der Waals surface area contributed by atoms with Gasteiger partial charge in [-0.25, -0.2) is 4.79 Å². The molecule has 0 atom stereocenters. The number of carbonyl (C=O) groups is 3. The molecule has 0 saturated heterocycles. The third kappa shape index (κ3) is 7.59. The highest BCUT2D eigenvalue weighted by Crippen LogP contribution is 2.48. The van der Waals surface area contributed by atoms with E-state index in [4.69, 9.17) is 9.90 Å². The Balaban J connectivity index is 0.000000479. The van der Waals surface area contributed by atoms with E-state index in [1.54, 1.807) is 12.1 Å². The number of hydrogen-bond acceptors (Lipinski definition) is 3. The smallest absolute Gasteiger partial charge is 0.475 e. The van der Waals surface area contributed by atoms with Crippen molar-refractivity contribution in [2.75, 3.05) is 11.9 Å². The van der Waals surface area contributed by atoms with Crippen molar-refractivity contribution in [1.29, 1.82) is 0 Å². The van der Waals surface area contributed by atoms with E-state index in [1.165, 1.54) is 0 Å². The van der Waals surface area contributed by atoms with Gasteiger partial charge >= 0.3 is 12.1 Å². The summed E-state index contributed by atoms with van der Waals surface area (Å²) in [5, 5.41) is 13.1. The molecule has 0 aromatic heterocycles. The number of carboxylic acid groups (broad SMARTS) is 1. The van der Waals surface area contributed by atoms with E-state index in [0.29, 0.717) is 18.0 Å². The number of halogens is 4. The second-order valence-electron chi connectivity index (χ2n) is 8.03. The summed E-state index contributed by atoms with van der Waals surface area (Å²) in [4.78, 5) is 33.7. The third-order valence-corrected chi connectivity index (χ3v) is 5.43. The van der Waals surface area contributed by atoms with Crippen molar-refractivity contribution in [1.82, 2.24) is 5.32 Å². The standard InChI is InChI=1S/C21H23BrN2O2.C2HF3O2/c1-14(2)13-23-20(26)21(11-12-21)16-5-9-18(10-6-16)24-19(25)15-3-7-17(22)8-4-15;3-2(4,5)1(6)7/h3-10,14H,11-13H2,1-2H3,(H,23,26)(H,24,25);(H,6,7). The highest BCUT2D eigenvalue weighted by molar-refractivity contribution is 9.10. The van der Waals surface area contributed by atoms with Gasteiger partial charge in [0.1, 0.15) is 0 Å². The van der Waals surface area contributed by atoms with Gasteiger partial charge in [0.25, 0.3) is 5.91 Å². The summed E-state index contributed by atoms with van der Waals surface area (Å²) in [6, 6.07) is 14.8. The second kappa shape index (κ2) is 10.8. The summed E-state index contributed by atoms with van der Waals surface area (Å²) < 4.78 is 32.7. The van der Waals surface area contributed by atoms with Crippen molar-refractivity contribution < 1.29 is 32.7 Å². The number of aliphatic carboxylic acids is 1. The van der Waals surface area contributed by atoms with Crippen LogP contribution in [0.1, 0.15) is 42.6 Å². The number of rotatable bonds is 6. The fourth-order valence-electron chi connectivity index (χ4n) is 2.91. The van der Waals surface area contributed by atoms with Crippen LogP contribution in [-0.4, -0.2) is 35.6 Å². The summed E-state index contributed by atoms with van der Waals surface area (Å²) >= 11 is 3.36. The van der Waals surface area contributed by atoms with E-state index in [0.717, 1.165) is 28.6 Å². The molecule has 2 amide bonds. The van der Waals surface area contributed by atoms with Gasteiger partial charge in [0.05, 0.1) is 5.41 Å². The van der Waals surface area contributed by atoms with Crippen molar-refractivity contribution >= 4 is 39.4 Å². The monoisotopic (exact) mass is 528 g/mol. The molecule has 3 rings (SSSR count). The van der Waals surface area contributed by atoms with Crippen molar-refractivity contribution in [2.24, 2.45) is 5.92 Å². The van der Waals surface area contributed by atoms with Gasteiger partial charge in [0.2, 0.25) is 5.91 Å².